The maximum Gasteiger partial charge on any atom is 0.261 e. The molecule has 4 heteroatoms. The van der Waals surface area contributed by atoms with Gasteiger partial charge in [-0.05, 0) is 31.9 Å². The summed E-state index contributed by atoms with van der Waals surface area (Å²) in [5.74, 6) is -0.415. The van der Waals surface area contributed by atoms with Crippen molar-refractivity contribution in [1.29, 1.82) is 0 Å². The minimum atomic E-state index is -0.394. The number of aryl methyl sites for hydroxylation is 1. The highest BCUT2D eigenvalue weighted by molar-refractivity contribution is 6.21. The summed E-state index contributed by atoms with van der Waals surface area (Å²) in [6.45, 7) is 2.25. The van der Waals surface area contributed by atoms with Gasteiger partial charge in [-0.3, -0.25) is 14.5 Å². The van der Waals surface area contributed by atoms with Crippen molar-refractivity contribution in [2.45, 2.75) is 38.7 Å². The Kier molecular flexibility index (Phi) is 3.34. The third-order valence-corrected chi connectivity index (χ3v) is 4.41. The van der Waals surface area contributed by atoms with E-state index in [2.05, 4.69) is 0 Å². The molecule has 0 radical (unpaired) electrons. The van der Waals surface area contributed by atoms with E-state index in [0.717, 1.165) is 31.2 Å². The molecule has 1 heterocycles. The molecule has 0 aromatic heterocycles. The SMILES string of the molecule is Cc1ccc2c(c1)C(=O)N(CC1CCCCC1O)C2=O. The Labute approximate surface area is 118 Å². The average Bonchev–Trinajstić information content (AvgIpc) is 2.66. The van der Waals surface area contributed by atoms with Crippen molar-refractivity contribution in [3.8, 4) is 0 Å². The lowest BCUT2D eigenvalue weighted by Crippen LogP contribution is -2.39. The van der Waals surface area contributed by atoms with Crippen molar-refractivity contribution in [1.82, 2.24) is 4.90 Å². The van der Waals surface area contributed by atoms with Gasteiger partial charge in [-0.2, -0.15) is 0 Å². The summed E-state index contributed by atoms with van der Waals surface area (Å²) in [7, 11) is 0. The zero-order chi connectivity index (χ0) is 14.3. The highest BCUT2D eigenvalue weighted by Crippen LogP contribution is 2.29. The van der Waals surface area contributed by atoms with Crippen LogP contribution >= 0.6 is 0 Å². The number of aliphatic hydroxyl groups excluding tert-OH is 1. The molecule has 2 atom stereocenters. The van der Waals surface area contributed by atoms with Gasteiger partial charge in [0.05, 0.1) is 17.2 Å². The van der Waals surface area contributed by atoms with E-state index < -0.39 is 6.10 Å². The van der Waals surface area contributed by atoms with Gasteiger partial charge in [-0.25, -0.2) is 0 Å². The van der Waals surface area contributed by atoms with Gasteiger partial charge in [-0.15, -0.1) is 0 Å². The fraction of sp³-hybridized carbons (Fsp3) is 0.500. The molecule has 106 valence electrons. The van der Waals surface area contributed by atoms with E-state index in [-0.39, 0.29) is 17.7 Å². The van der Waals surface area contributed by atoms with E-state index in [1.807, 2.05) is 13.0 Å². The zero-order valence-corrected chi connectivity index (χ0v) is 11.6. The average molecular weight is 273 g/mol. The second-order valence-corrected chi connectivity index (χ2v) is 5.88. The van der Waals surface area contributed by atoms with Crippen LogP contribution in [0.5, 0.6) is 0 Å². The first kappa shape index (κ1) is 13.3. The summed E-state index contributed by atoms with van der Waals surface area (Å²) in [4.78, 5) is 26.0. The Morgan fingerprint density at radius 1 is 1.15 bits per heavy atom. The van der Waals surface area contributed by atoms with E-state index in [0.29, 0.717) is 17.7 Å². The largest absolute Gasteiger partial charge is 0.393 e. The zero-order valence-electron chi connectivity index (χ0n) is 11.6. The smallest absolute Gasteiger partial charge is 0.261 e. The second kappa shape index (κ2) is 5.02. The van der Waals surface area contributed by atoms with Crippen LogP contribution in [0.15, 0.2) is 18.2 Å². The van der Waals surface area contributed by atoms with Crippen molar-refractivity contribution in [3.05, 3.63) is 34.9 Å². The second-order valence-electron chi connectivity index (χ2n) is 5.88. The van der Waals surface area contributed by atoms with Crippen molar-refractivity contribution in [2.24, 2.45) is 5.92 Å². The number of benzene rings is 1. The summed E-state index contributed by atoms with van der Waals surface area (Å²) in [5, 5.41) is 10.0. The van der Waals surface area contributed by atoms with Gasteiger partial charge >= 0.3 is 0 Å². The fourth-order valence-corrected chi connectivity index (χ4v) is 3.21. The molecule has 1 fully saturated rings. The first-order chi connectivity index (χ1) is 9.58. The molecule has 2 amide bonds. The minimum absolute atomic E-state index is 0.0204. The lowest BCUT2D eigenvalue weighted by molar-refractivity contribution is 0.0388. The van der Waals surface area contributed by atoms with E-state index in [1.54, 1.807) is 12.1 Å². The molecule has 0 bridgehead atoms. The molecule has 0 spiro atoms. The fourth-order valence-electron chi connectivity index (χ4n) is 3.21. The normalized spacial score (nSPS) is 26.0. The van der Waals surface area contributed by atoms with Crippen LogP contribution in [0.2, 0.25) is 0 Å². The predicted octanol–water partition coefficient (Wildman–Crippen LogP) is 2.14. The minimum Gasteiger partial charge on any atom is -0.393 e. The Bertz CT molecular complexity index is 567. The molecule has 1 aromatic carbocycles. The van der Waals surface area contributed by atoms with Crippen LogP contribution in [0.1, 0.15) is 52.0 Å². The first-order valence-electron chi connectivity index (χ1n) is 7.23. The molecular formula is C16H19NO3. The van der Waals surface area contributed by atoms with Crippen LogP contribution in [0.25, 0.3) is 0 Å². The molecule has 1 aromatic rings. The summed E-state index contributed by atoms with van der Waals surface area (Å²) in [5.41, 5.74) is 1.97. The number of hydrogen-bond donors (Lipinski definition) is 1. The highest BCUT2D eigenvalue weighted by atomic mass is 16.3. The van der Waals surface area contributed by atoms with Crippen molar-refractivity contribution in [3.63, 3.8) is 0 Å². The van der Waals surface area contributed by atoms with Gasteiger partial charge in [-0.1, -0.05) is 24.5 Å². The van der Waals surface area contributed by atoms with E-state index in [9.17, 15) is 14.7 Å². The molecular weight excluding hydrogens is 254 g/mol. The number of hydrogen-bond acceptors (Lipinski definition) is 3. The van der Waals surface area contributed by atoms with Gasteiger partial charge in [0.15, 0.2) is 0 Å². The van der Waals surface area contributed by atoms with E-state index in [4.69, 9.17) is 0 Å². The topological polar surface area (TPSA) is 57.6 Å². The number of fused-ring (bicyclic) bond motifs is 1. The van der Waals surface area contributed by atoms with Crippen LogP contribution in [0, 0.1) is 12.8 Å². The Morgan fingerprint density at radius 2 is 1.85 bits per heavy atom. The van der Waals surface area contributed by atoms with Crippen LogP contribution in [-0.2, 0) is 0 Å². The Hall–Kier alpha value is -1.68. The number of aliphatic hydroxyl groups is 1. The molecule has 1 N–H and O–H groups in total. The van der Waals surface area contributed by atoms with Crippen molar-refractivity contribution >= 4 is 11.8 Å². The van der Waals surface area contributed by atoms with Crippen molar-refractivity contribution in [2.75, 3.05) is 6.54 Å². The molecule has 1 aliphatic carbocycles. The predicted molar refractivity (Wildman–Crippen MR) is 74.5 cm³/mol. The third kappa shape index (κ3) is 2.14. The van der Waals surface area contributed by atoms with Gasteiger partial charge in [0, 0.05) is 12.5 Å². The summed E-state index contributed by atoms with van der Waals surface area (Å²) < 4.78 is 0. The van der Waals surface area contributed by atoms with Crippen LogP contribution < -0.4 is 0 Å². The summed E-state index contributed by atoms with van der Waals surface area (Å²) in [6.07, 6.45) is 3.35. The van der Waals surface area contributed by atoms with Crippen LogP contribution in [-0.4, -0.2) is 34.5 Å². The quantitative estimate of drug-likeness (QED) is 0.840. The Balaban J connectivity index is 1.82. The molecule has 2 aliphatic rings. The first-order valence-corrected chi connectivity index (χ1v) is 7.23. The monoisotopic (exact) mass is 273 g/mol. The Morgan fingerprint density at radius 3 is 2.60 bits per heavy atom. The van der Waals surface area contributed by atoms with Crippen molar-refractivity contribution < 1.29 is 14.7 Å². The number of rotatable bonds is 2. The lowest BCUT2D eigenvalue weighted by Gasteiger charge is -2.30. The number of imide groups is 1. The molecule has 4 nitrogen and oxygen atoms in total. The van der Waals surface area contributed by atoms with Gasteiger partial charge in [0.1, 0.15) is 0 Å². The maximum absolute atomic E-state index is 12.4. The molecule has 0 saturated heterocycles. The van der Waals surface area contributed by atoms with E-state index >= 15 is 0 Å². The standard InChI is InChI=1S/C16H19NO3/c1-10-6-7-12-13(8-10)16(20)17(15(12)19)9-11-4-2-3-5-14(11)18/h6-8,11,14,18H,2-5,9H2,1H3. The van der Waals surface area contributed by atoms with E-state index in [1.165, 1.54) is 4.90 Å². The third-order valence-electron chi connectivity index (χ3n) is 4.41. The van der Waals surface area contributed by atoms with Gasteiger partial charge < -0.3 is 5.11 Å². The van der Waals surface area contributed by atoms with Crippen LogP contribution in [0.3, 0.4) is 0 Å². The lowest BCUT2D eigenvalue weighted by atomic mass is 9.86. The van der Waals surface area contributed by atoms with Crippen LogP contribution in [0.4, 0.5) is 0 Å². The molecule has 1 aliphatic heterocycles. The maximum atomic E-state index is 12.4. The molecule has 2 unspecified atom stereocenters. The number of carbonyl (C=O) groups is 2. The number of carbonyl (C=O) groups excluding carboxylic acids is 2. The molecule has 3 rings (SSSR count). The van der Waals surface area contributed by atoms with Gasteiger partial charge in [0.25, 0.3) is 11.8 Å². The molecule has 1 saturated carbocycles. The van der Waals surface area contributed by atoms with Gasteiger partial charge in [0.2, 0.25) is 0 Å². The summed E-state index contributed by atoms with van der Waals surface area (Å²) in [6, 6.07) is 5.35. The molecule has 20 heavy (non-hydrogen) atoms. The summed E-state index contributed by atoms with van der Waals surface area (Å²) >= 11 is 0. The highest BCUT2D eigenvalue weighted by Gasteiger charge is 2.38. The number of amides is 2. The number of nitrogens with zero attached hydrogens (tertiary/aromatic N) is 1.